The molecule has 0 aliphatic rings. The maximum atomic E-state index is 14.6. The van der Waals surface area contributed by atoms with E-state index in [2.05, 4.69) is 20.0 Å². The molecule has 2 N–H and O–H groups in total. The van der Waals surface area contributed by atoms with E-state index in [1.807, 2.05) is 0 Å². The summed E-state index contributed by atoms with van der Waals surface area (Å²) >= 11 is 0. The van der Waals surface area contributed by atoms with Gasteiger partial charge in [-0.3, -0.25) is 19.4 Å². The van der Waals surface area contributed by atoms with Crippen LogP contribution in [0.1, 0.15) is 51.1 Å². The summed E-state index contributed by atoms with van der Waals surface area (Å²) < 4.78 is 39.1. The van der Waals surface area contributed by atoms with Crippen molar-refractivity contribution in [2.45, 2.75) is 32.6 Å². The summed E-state index contributed by atoms with van der Waals surface area (Å²) in [5.74, 6) is -2.02. The fourth-order valence-corrected chi connectivity index (χ4v) is 4.09. The minimum atomic E-state index is -0.674. The van der Waals surface area contributed by atoms with Crippen molar-refractivity contribution in [3.05, 3.63) is 101 Å². The molecule has 1 amide bonds. The largest absolute Gasteiger partial charge is 0.469 e. The lowest BCUT2D eigenvalue weighted by Gasteiger charge is -2.10. The quantitative estimate of drug-likeness (QED) is 0.126. The number of benzene rings is 2. The monoisotopic (exact) mass is 561 g/mol. The highest BCUT2D eigenvalue weighted by atomic mass is 19.1. The topological polar surface area (TPSA) is 110 Å². The first-order chi connectivity index (χ1) is 19.7. The number of carbonyl (C=O) groups is 3. The fraction of sp³-hybridized carbons (Fsp3) is 0.226. The van der Waals surface area contributed by atoms with Gasteiger partial charge in [-0.2, -0.15) is 0 Å². The van der Waals surface area contributed by atoms with Crippen molar-refractivity contribution < 1.29 is 32.6 Å². The molecule has 4 aromatic rings. The molecule has 2 aromatic carbocycles. The number of esters is 1. The summed E-state index contributed by atoms with van der Waals surface area (Å²) in [6.45, 7) is 2.21. The molecule has 0 radical (unpaired) electrons. The molecular weight excluding hydrogens is 532 g/mol. The number of ketones is 1. The summed E-state index contributed by atoms with van der Waals surface area (Å²) in [5.41, 5.74) is 2.65. The van der Waals surface area contributed by atoms with E-state index < -0.39 is 11.6 Å². The van der Waals surface area contributed by atoms with Crippen LogP contribution >= 0.6 is 0 Å². The van der Waals surface area contributed by atoms with Crippen molar-refractivity contribution in [2.75, 3.05) is 13.7 Å². The van der Waals surface area contributed by atoms with Crippen LogP contribution in [-0.2, 0) is 16.0 Å². The second-order valence-electron chi connectivity index (χ2n) is 9.41. The van der Waals surface area contributed by atoms with E-state index in [0.29, 0.717) is 42.8 Å². The average molecular weight is 562 g/mol. The number of aromatic amines is 1. The SMILES string of the molecule is COC(=O)CCCCNC(=O)c1c[nH]c(-c2cc(Oc3cc(C(=O)Cc4cc(C)ccc4F)ccc3F)ccn2)c1. The number of unbranched alkanes of at least 4 members (excludes halogenated alkanes) is 1. The number of hydrogen-bond donors (Lipinski definition) is 2. The zero-order valence-electron chi connectivity index (χ0n) is 22.6. The van der Waals surface area contributed by atoms with Gasteiger partial charge in [-0.05, 0) is 61.7 Å². The number of halogens is 2. The van der Waals surface area contributed by atoms with Crippen molar-refractivity contribution in [1.29, 1.82) is 0 Å². The van der Waals surface area contributed by atoms with Gasteiger partial charge in [0.15, 0.2) is 17.3 Å². The molecule has 0 spiro atoms. The number of methoxy groups -OCH3 is 1. The highest BCUT2D eigenvalue weighted by molar-refractivity contribution is 5.98. The Kier molecular flexibility index (Phi) is 9.57. The van der Waals surface area contributed by atoms with Crippen LogP contribution in [0.4, 0.5) is 8.78 Å². The molecule has 2 heterocycles. The number of aromatic nitrogens is 2. The van der Waals surface area contributed by atoms with Crippen LogP contribution in [0.15, 0.2) is 67.0 Å². The summed E-state index contributed by atoms with van der Waals surface area (Å²) in [6.07, 6.45) is 4.37. The summed E-state index contributed by atoms with van der Waals surface area (Å²) in [7, 11) is 1.33. The molecule has 4 rings (SSSR count). The van der Waals surface area contributed by atoms with E-state index in [-0.39, 0.29) is 46.7 Å². The molecule has 0 saturated carbocycles. The standard InChI is InChI=1S/C31H29F2N3O5/c1-19-6-8-24(32)21(13-19)15-28(37)20-7-9-25(33)29(16-20)41-23-10-12-34-27(17-23)26-14-22(18-36-26)31(39)35-11-4-3-5-30(38)40-2/h6-10,12-14,16-18,36H,3-5,11,15H2,1-2H3,(H,35,39). The van der Waals surface area contributed by atoms with Gasteiger partial charge >= 0.3 is 5.97 Å². The maximum absolute atomic E-state index is 14.6. The number of H-pyrrole nitrogens is 1. The smallest absolute Gasteiger partial charge is 0.305 e. The molecule has 0 bridgehead atoms. The Morgan fingerprint density at radius 3 is 2.56 bits per heavy atom. The molecular formula is C31H29F2N3O5. The first-order valence-corrected chi connectivity index (χ1v) is 13.0. The molecule has 0 unspecified atom stereocenters. The third kappa shape index (κ3) is 7.84. The van der Waals surface area contributed by atoms with E-state index >= 15 is 0 Å². The van der Waals surface area contributed by atoms with Gasteiger partial charge < -0.3 is 19.8 Å². The van der Waals surface area contributed by atoms with Crippen LogP contribution in [0.3, 0.4) is 0 Å². The number of nitrogens with one attached hydrogen (secondary N) is 2. The van der Waals surface area contributed by atoms with Crippen LogP contribution < -0.4 is 10.1 Å². The van der Waals surface area contributed by atoms with E-state index in [0.717, 1.165) is 11.6 Å². The number of Topliss-reactive ketones (excluding diaryl/α,β-unsaturated/α-hetero) is 1. The van der Waals surface area contributed by atoms with Gasteiger partial charge in [-0.25, -0.2) is 8.78 Å². The van der Waals surface area contributed by atoms with Gasteiger partial charge in [-0.1, -0.05) is 17.7 Å². The number of aryl methyl sites for hydroxylation is 1. The summed E-state index contributed by atoms with van der Waals surface area (Å²) in [6, 6.07) is 13.0. The van der Waals surface area contributed by atoms with Gasteiger partial charge in [0.25, 0.3) is 5.91 Å². The maximum Gasteiger partial charge on any atom is 0.305 e. The molecule has 10 heteroatoms. The Morgan fingerprint density at radius 2 is 1.76 bits per heavy atom. The molecule has 2 aromatic heterocycles. The van der Waals surface area contributed by atoms with E-state index in [1.165, 1.54) is 37.6 Å². The first-order valence-electron chi connectivity index (χ1n) is 13.0. The molecule has 0 fully saturated rings. The highest BCUT2D eigenvalue weighted by Gasteiger charge is 2.16. The predicted octanol–water partition coefficient (Wildman–Crippen LogP) is 5.95. The van der Waals surface area contributed by atoms with Crippen molar-refractivity contribution in [1.82, 2.24) is 15.3 Å². The van der Waals surface area contributed by atoms with Gasteiger partial charge in [-0.15, -0.1) is 0 Å². The second kappa shape index (κ2) is 13.5. The number of ether oxygens (including phenoxy) is 2. The minimum Gasteiger partial charge on any atom is -0.469 e. The Labute approximate surface area is 235 Å². The molecule has 0 aliphatic carbocycles. The first kappa shape index (κ1) is 29.1. The normalized spacial score (nSPS) is 10.7. The number of carbonyl (C=O) groups excluding carboxylic acids is 3. The predicted molar refractivity (Wildman–Crippen MR) is 148 cm³/mol. The third-order valence-corrected chi connectivity index (χ3v) is 6.31. The van der Waals surface area contributed by atoms with Crippen molar-refractivity contribution in [3.63, 3.8) is 0 Å². The molecule has 0 saturated heterocycles. The summed E-state index contributed by atoms with van der Waals surface area (Å²) in [5, 5.41) is 2.79. The third-order valence-electron chi connectivity index (χ3n) is 6.31. The lowest BCUT2D eigenvalue weighted by atomic mass is 10.0. The molecule has 8 nitrogen and oxygen atoms in total. The van der Waals surface area contributed by atoms with Gasteiger partial charge in [0.1, 0.15) is 11.6 Å². The van der Waals surface area contributed by atoms with Gasteiger partial charge in [0.05, 0.1) is 24.1 Å². The lowest BCUT2D eigenvalue weighted by molar-refractivity contribution is -0.140. The zero-order chi connectivity index (χ0) is 29.4. The van der Waals surface area contributed by atoms with Crippen molar-refractivity contribution in [3.8, 4) is 22.9 Å². The minimum absolute atomic E-state index is 0.170. The van der Waals surface area contributed by atoms with Crippen LogP contribution in [0, 0.1) is 18.6 Å². The van der Waals surface area contributed by atoms with E-state index in [9.17, 15) is 23.2 Å². The fourth-order valence-electron chi connectivity index (χ4n) is 4.09. The van der Waals surface area contributed by atoms with E-state index in [1.54, 1.807) is 37.4 Å². The van der Waals surface area contributed by atoms with Crippen molar-refractivity contribution in [2.24, 2.45) is 0 Å². The van der Waals surface area contributed by atoms with Gasteiger partial charge in [0.2, 0.25) is 0 Å². The number of amides is 1. The zero-order valence-corrected chi connectivity index (χ0v) is 22.6. The lowest BCUT2D eigenvalue weighted by Crippen LogP contribution is -2.24. The summed E-state index contributed by atoms with van der Waals surface area (Å²) in [4.78, 5) is 43.7. The Morgan fingerprint density at radius 1 is 0.951 bits per heavy atom. The van der Waals surface area contributed by atoms with Crippen LogP contribution in [0.2, 0.25) is 0 Å². The number of hydrogen-bond acceptors (Lipinski definition) is 6. The average Bonchev–Trinajstić information content (AvgIpc) is 3.46. The highest BCUT2D eigenvalue weighted by Crippen LogP contribution is 2.29. The van der Waals surface area contributed by atoms with E-state index in [4.69, 9.17) is 4.74 Å². The molecule has 41 heavy (non-hydrogen) atoms. The molecule has 212 valence electrons. The Hall–Kier alpha value is -4.86. The van der Waals surface area contributed by atoms with Crippen LogP contribution in [0.5, 0.6) is 11.5 Å². The molecule has 0 atom stereocenters. The number of nitrogens with zero attached hydrogens (tertiary/aromatic N) is 1. The second-order valence-corrected chi connectivity index (χ2v) is 9.41. The van der Waals surface area contributed by atoms with Gasteiger partial charge in [0, 0.05) is 43.4 Å². The number of rotatable bonds is 12. The van der Waals surface area contributed by atoms with Crippen LogP contribution in [-0.4, -0.2) is 41.3 Å². The number of pyridine rings is 1. The van der Waals surface area contributed by atoms with Crippen LogP contribution in [0.25, 0.3) is 11.4 Å². The Bertz CT molecular complexity index is 1570. The molecule has 0 aliphatic heterocycles. The Balaban J connectivity index is 1.41. The van der Waals surface area contributed by atoms with Crippen molar-refractivity contribution >= 4 is 17.7 Å².